The quantitative estimate of drug-likeness (QED) is 0.424. The summed E-state index contributed by atoms with van der Waals surface area (Å²) >= 11 is 0. The Morgan fingerprint density at radius 2 is 2.00 bits per heavy atom. The van der Waals surface area contributed by atoms with E-state index in [1.807, 2.05) is 13.8 Å². The molecule has 1 rings (SSSR count). The molecule has 1 aliphatic carbocycles. The van der Waals surface area contributed by atoms with E-state index in [0.29, 0.717) is 12.8 Å². The number of hydrogen-bond donors (Lipinski definition) is 3. The Morgan fingerprint density at radius 1 is 1.50 bits per heavy atom. The summed E-state index contributed by atoms with van der Waals surface area (Å²) in [6, 6.07) is -0.444. The fourth-order valence-corrected chi connectivity index (χ4v) is 1.31. The third-order valence-corrected chi connectivity index (χ3v) is 2.26. The SMILES string of the molecule is CC.CC(=O)C1(O)CCC1N=C(N)N. The van der Waals surface area contributed by atoms with Crippen LogP contribution < -0.4 is 11.5 Å². The van der Waals surface area contributed by atoms with Gasteiger partial charge in [-0.3, -0.25) is 4.79 Å². The highest BCUT2D eigenvalue weighted by atomic mass is 16.3. The third kappa shape index (κ3) is 2.45. The van der Waals surface area contributed by atoms with Gasteiger partial charge in [0.2, 0.25) is 0 Å². The second-order valence-electron chi connectivity index (χ2n) is 3.09. The lowest BCUT2D eigenvalue weighted by Gasteiger charge is -2.40. The molecule has 2 unspecified atom stereocenters. The second-order valence-corrected chi connectivity index (χ2v) is 3.09. The Balaban J connectivity index is 0.000000791. The number of aliphatic imine (C=N–C) groups is 1. The minimum atomic E-state index is -1.32. The summed E-state index contributed by atoms with van der Waals surface area (Å²) in [7, 11) is 0. The number of hydrogen-bond acceptors (Lipinski definition) is 3. The molecule has 0 spiro atoms. The highest BCUT2D eigenvalue weighted by molar-refractivity contribution is 5.87. The van der Waals surface area contributed by atoms with Crippen LogP contribution in [0, 0.1) is 0 Å². The van der Waals surface area contributed by atoms with Gasteiger partial charge < -0.3 is 16.6 Å². The highest BCUT2D eigenvalue weighted by Gasteiger charge is 2.49. The van der Waals surface area contributed by atoms with Crippen molar-refractivity contribution in [1.29, 1.82) is 0 Å². The second kappa shape index (κ2) is 4.95. The molecular weight excluding hydrogens is 182 g/mol. The molecule has 0 amide bonds. The van der Waals surface area contributed by atoms with Gasteiger partial charge in [-0.2, -0.15) is 0 Å². The maximum absolute atomic E-state index is 10.9. The van der Waals surface area contributed by atoms with Crippen molar-refractivity contribution >= 4 is 11.7 Å². The molecule has 82 valence electrons. The Bertz CT molecular complexity index is 236. The van der Waals surface area contributed by atoms with Gasteiger partial charge in [0.15, 0.2) is 11.7 Å². The number of ketones is 1. The van der Waals surface area contributed by atoms with Gasteiger partial charge in [0.1, 0.15) is 5.60 Å². The van der Waals surface area contributed by atoms with E-state index < -0.39 is 11.6 Å². The summed E-state index contributed by atoms with van der Waals surface area (Å²) in [6.45, 7) is 5.34. The highest BCUT2D eigenvalue weighted by Crippen LogP contribution is 2.35. The molecule has 14 heavy (non-hydrogen) atoms. The van der Waals surface area contributed by atoms with E-state index in [2.05, 4.69) is 4.99 Å². The number of guanidine groups is 1. The van der Waals surface area contributed by atoms with Crippen molar-refractivity contribution in [2.24, 2.45) is 16.5 Å². The average molecular weight is 201 g/mol. The predicted molar refractivity (Wildman–Crippen MR) is 55.8 cm³/mol. The standard InChI is InChI=1S/C7H13N3O2.C2H6/c1-4(11)7(12)3-2-5(7)10-6(8)9;1-2/h5,12H,2-3H2,1H3,(H4,8,9,10);1-2H3. The molecule has 0 aromatic carbocycles. The lowest BCUT2D eigenvalue weighted by molar-refractivity contribution is -0.146. The zero-order valence-electron chi connectivity index (χ0n) is 8.95. The summed E-state index contributed by atoms with van der Waals surface area (Å²) < 4.78 is 0. The Labute approximate surface area is 84.2 Å². The number of rotatable bonds is 2. The molecule has 0 radical (unpaired) electrons. The number of nitrogens with zero attached hydrogens (tertiary/aromatic N) is 1. The zero-order chi connectivity index (χ0) is 11.4. The van der Waals surface area contributed by atoms with Crippen LogP contribution in [0.5, 0.6) is 0 Å². The molecule has 1 fully saturated rings. The van der Waals surface area contributed by atoms with Gasteiger partial charge in [-0.05, 0) is 19.8 Å². The lowest BCUT2D eigenvalue weighted by atomic mass is 9.73. The predicted octanol–water partition coefficient (Wildman–Crippen LogP) is -0.231. The van der Waals surface area contributed by atoms with E-state index in [-0.39, 0.29) is 11.7 Å². The van der Waals surface area contributed by atoms with Crippen molar-refractivity contribution in [2.45, 2.75) is 45.3 Å². The van der Waals surface area contributed by atoms with Crippen LogP contribution in [0.4, 0.5) is 0 Å². The first-order valence-corrected chi connectivity index (χ1v) is 4.79. The molecule has 0 aromatic rings. The minimum absolute atomic E-state index is 0.0839. The van der Waals surface area contributed by atoms with E-state index in [1.54, 1.807) is 0 Å². The van der Waals surface area contributed by atoms with Gasteiger partial charge >= 0.3 is 0 Å². The monoisotopic (exact) mass is 201 g/mol. The fourth-order valence-electron chi connectivity index (χ4n) is 1.31. The normalized spacial score (nSPS) is 29.3. The molecule has 2 atom stereocenters. The Kier molecular flexibility index (Phi) is 4.56. The topological polar surface area (TPSA) is 102 Å². The van der Waals surface area contributed by atoms with Crippen molar-refractivity contribution in [1.82, 2.24) is 0 Å². The number of carbonyl (C=O) groups excluding carboxylic acids is 1. The van der Waals surface area contributed by atoms with Gasteiger partial charge in [0, 0.05) is 0 Å². The minimum Gasteiger partial charge on any atom is -0.380 e. The average Bonchev–Trinajstić information content (AvgIpc) is 2.14. The summed E-state index contributed by atoms with van der Waals surface area (Å²) in [4.78, 5) is 14.7. The number of aliphatic hydroxyl groups is 1. The summed E-state index contributed by atoms with van der Waals surface area (Å²) in [6.07, 6.45) is 1.11. The van der Waals surface area contributed by atoms with Gasteiger partial charge in [-0.1, -0.05) is 13.8 Å². The molecule has 0 saturated heterocycles. The summed E-state index contributed by atoms with van der Waals surface area (Å²) in [5, 5.41) is 9.63. The van der Waals surface area contributed by atoms with Crippen LogP contribution in [0.3, 0.4) is 0 Å². The van der Waals surface area contributed by atoms with E-state index in [1.165, 1.54) is 6.92 Å². The first-order chi connectivity index (χ1) is 6.47. The van der Waals surface area contributed by atoms with Crippen molar-refractivity contribution in [3.8, 4) is 0 Å². The first kappa shape index (κ1) is 12.9. The molecule has 5 heteroatoms. The molecule has 1 saturated carbocycles. The fraction of sp³-hybridized carbons (Fsp3) is 0.778. The van der Waals surface area contributed by atoms with E-state index in [9.17, 15) is 9.90 Å². The third-order valence-electron chi connectivity index (χ3n) is 2.26. The summed E-state index contributed by atoms with van der Waals surface area (Å²) in [5.41, 5.74) is 8.94. The van der Waals surface area contributed by atoms with Crippen molar-refractivity contribution in [3.05, 3.63) is 0 Å². The number of Topliss-reactive ketones (excluding diaryl/α,β-unsaturated/α-hetero) is 1. The largest absolute Gasteiger partial charge is 0.380 e. The first-order valence-electron chi connectivity index (χ1n) is 4.79. The van der Waals surface area contributed by atoms with Gasteiger partial charge in [0.25, 0.3) is 0 Å². The zero-order valence-corrected chi connectivity index (χ0v) is 8.95. The van der Waals surface area contributed by atoms with Crippen LogP contribution in [-0.4, -0.2) is 28.5 Å². The van der Waals surface area contributed by atoms with E-state index >= 15 is 0 Å². The van der Waals surface area contributed by atoms with Crippen LogP contribution in [0.2, 0.25) is 0 Å². The smallest absolute Gasteiger partial charge is 0.186 e. The van der Waals surface area contributed by atoms with Crippen molar-refractivity contribution in [3.63, 3.8) is 0 Å². The molecule has 1 aliphatic rings. The maximum atomic E-state index is 10.9. The summed E-state index contributed by atoms with van der Waals surface area (Å²) in [5.74, 6) is -0.358. The molecular formula is C9H19N3O2. The van der Waals surface area contributed by atoms with Crippen LogP contribution in [0.25, 0.3) is 0 Å². The van der Waals surface area contributed by atoms with Gasteiger partial charge in [-0.25, -0.2) is 4.99 Å². The van der Waals surface area contributed by atoms with E-state index in [4.69, 9.17) is 11.5 Å². The molecule has 5 nitrogen and oxygen atoms in total. The molecule has 5 N–H and O–H groups in total. The molecule has 0 aliphatic heterocycles. The Hall–Kier alpha value is -1.10. The van der Waals surface area contributed by atoms with Crippen LogP contribution in [0.15, 0.2) is 4.99 Å². The maximum Gasteiger partial charge on any atom is 0.186 e. The van der Waals surface area contributed by atoms with Crippen LogP contribution in [0.1, 0.15) is 33.6 Å². The number of nitrogens with two attached hydrogens (primary N) is 2. The van der Waals surface area contributed by atoms with E-state index in [0.717, 1.165) is 0 Å². The number of carbonyl (C=O) groups is 1. The van der Waals surface area contributed by atoms with Crippen LogP contribution >= 0.6 is 0 Å². The molecule has 0 heterocycles. The van der Waals surface area contributed by atoms with Gasteiger partial charge in [0.05, 0.1) is 6.04 Å². The van der Waals surface area contributed by atoms with Crippen molar-refractivity contribution < 1.29 is 9.90 Å². The lowest BCUT2D eigenvalue weighted by Crippen LogP contribution is -2.56. The molecule has 0 aromatic heterocycles. The van der Waals surface area contributed by atoms with Crippen molar-refractivity contribution in [2.75, 3.05) is 0 Å². The Morgan fingerprint density at radius 3 is 2.21 bits per heavy atom. The van der Waals surface area contributed by atoms with Gasteiger partial charge in [-0.15, -0.1) is 0 Å². The van der Waals surface area contributed by atoms with Crippen LogP contribution in [-0.2, 0) is 4.79 Å². The molecule has 0 bridgehead atoms.